The SMILES string of the molecule is NC[C@H](N)c1ccc(C(F)(F)F)c(F)c1O. The van der Waals surface area contributed by atoms with Crippen LogP contribution in [0.2, 0.25) is 0 Å². The quantitative estimate of drug-likeness (QED) is 0.684. The van der Waals surface area contributed by atoms with Gasteiger partial charge in [0.05, 0.1) is 5.56 Å². The van der Waals surface area contributed by atoms with Gasteiger partial charge in [0.25, 0.3) is 0 Å². The zero-order chi connectivity index (χ0) is 12.5. The van der Waals surface area contributed by atoms with Gasteiger partial charge in [0, 0.05) is 18.2 Å². The van der Waals surface area contributed by atoms with Crippen molar-refractivity contribution >= 4 is 0 Å². The lowest BCUT2D eigenvalue weighted by atomic mass is 10.0. The van der Waals surface area contributed by atoms with Crippen LogP contribution in [-0.4, -0.2) is 11.7 Å². The van der Waals surface area contributed by atoms with E-state index in [9.17, 15) is 22.7 Å². The lowest BCUT2D eigenvalue weighted by molar-refractivity contribution is -0.140. The smallest absolute Gasteiger partial charge is 0.419 e. The first kappa shape index (κ1) is 12.7. The van der Waals surface area contributed by atoms with Crippen LogP contribution in [0.15, 0.2) is 12.1 Å². The molecule has 0 spiro atoms. The van der Waals surface area contributed by atoms with Crippen molar-refractivity contribution in [1.29, 1.82) is 0 Å². The van der Waals surface area contributed by atoms with Gasteiger partial charge in [-0.3, -0.25) is 0 Å². The standard InChI is InChI=1S/C9H10F4N2O/c10-7-5(9(11,12)13)2-1-4(8(7)16)6(15)3-14/h1-2,6,16H,3,14-15H2/t6-/m0/s1. The maximum atomic E-state index is 13.2. The van der Waals surface area contributed by atoms with Crippen LogP contribution >= 0.6 is 0 Å². The number of alkyl halides is 3. The average Bonchev–Trinajstić information content (AvgIpc) is 2.19. The monoisotopic (exact) mass is 238 g/mol. The molecule has 0 aromatic heterocycles. The number of rotatable bonds is 2. The average molecular weight is 238 g/mol. The van der Waals surface area contributed by atoms with Crippen LogP contribution in [0.25, 0.3) is 0 Å². The van der Waals surface area contributed by atoms with Gasteiger partial charge < -0.3 is 16.6 Å². The normalized spacial score (nSPS) is 13.9. The van der Waals surface area contributed by atoms with Crippen molar-refractivity contribution in [1.82, 2.24) is 0 Å². The summed E-state index contributed by atoms with van der Waals surface area (Å²) in [5, 5.41) is 9.23. The van der Waals surface area contributed by atoms with E-state index in [0.29, 0.717) is 6.07 Å². The zero-order valence-corrected chi connectivity index (χ0v) is 8.05. The molecule has 0 unspecified atom stereocenters. The van der Waals surface area contributed by atoms with Crippen LogP contribution in [-0.2, 0) is 6.18 Å². The molecule has 1 rings (SSSR count). The predicted octanol–water partition coefficient (Wildman–Crippen LogP) is 1.51. The van der Waals surface area contributed by atoms with Crippen molar-refractivity contribution in [2.75, 3.05) is 6.54 Å². The summed E-state index contributed by atoms with van der Waals surface area (Å²) in [7, 11) is 0. The Morgan fingerprint density at radius 1 is 1.31 bits per heavy atom. The van der Waals surface area contributed by atoms with Crippen molar-refractivity contribution in [2.45, 2.75) is 12.2 Å². The van der Waals surface area contributed by atoms with E-state index in [2.05, 4.69) is 0 Å². The Morgan fingerprint density at radius 3 is 2.31 bits per heavy atom. The maximum absolute atomic E-state index is 13.2. The molecule has 3 nitrogen and oxygen atoms in total. The molecule has 1 aromatic carbocycles. The highest BCUT2D eigenvalue weighted by molar-refractivity contribution is 5.41. The first-order valence-electron chi connectivity index (χ1n) is 4.33. The number of nitrogens with two attached hydrogens (primary N) is 2. The molecule has 90 valence electrons. The molecule has 1 atom stereocenters. The molecule has 0 bridgehead atoms. The van der Waals surface area contributed by atoms with Gasteiger partial charge in [-0.05, 0) is 6.07 Å². The number of hydrogen-bond acceptors (Lipinski definition) is 3. The molecule has 1 aromatic rings. The number of aromatic hydroxyl groups is 1. The van der Waals surface area contributed by atoms with E-state index >= 15 is 0 Å². The lowest BCUT2D eigenvalue weighted by Crippen LogP contribution is -2.21. The van der Waals surface area contributed by atoms with Crippen molar-refractivity contribution < 1.29 is 22.7 Å². The molecule has 0 amide bonds. The van der Waals surface area contributed by atoms with Gasteiger partial charge in [-0.15, -0.1) is 0 Å². The van der Waals surface area contributed by atoms with E-state index in [4.69, 9.17) is 11.5 Å². The second-order valence-corrected chi connectivity index (χ2v) is 3.20. The molecule has 5 N–H and O–H groups in total. The van der Waals surface area contributed by atoms with E-state index < -0.39 is 29.3 Å². The summed E-state index contributed by atoms with van der Waals surface area (Å²) in [6.07, 6.45) is -4.85. The van der Waals surface area contributed by atoms with E-state index in [1.807, 2.05) is 0 Å². The molecule has 0 aliphatic rings. The minimum absolute atomic E-state index is 0.113. The van der Waals surface area contributed by atoms with Gasteiger partial charge in [-0.2, -0.15) is 13.2 Å². The molecule has 0 aliphatic carbocycles. The van der Waals surface area contributed by atoms with Crippen molar-refractivity contribution in [3.8, 4) is 5.75 Å². The molecule has 0 fully saturated rings. The second-order valence-electron chi connectivity index (χ2n) is 3.20. The summed E-state index contributed by atoms with van der Waals surface area (Å²) >= 11 is 0. The topological polar surface area (TPSA) is 72.3 Å². The summed E-state index contributed by atoms with van der Waals surface area (Å²) in [4.78, 5) is 0. The third kappa shape index (κ3) is 2.25. The summed E-state index contributed by atoms with van der Waals surface area (Å²) < 4.78 is 49.9. The summed E-state index contributed by atoms with van der Waals surface area (Å²) in [5.74, 6) is -2.83. The Hall–Kier alpha value is -1.34. The summed E-state index contributed by atoms with van der Waals surface area (Å²) in [5.41, 5.74) is 8.88. The van der Waals surface area contributed by atoms with Crippen LogP contribution in [0.1, 0.15) is 17.2 Å². The van der Waals surface area contributed by atoms with E-state index in [0.717, 1.165) is 6.07 Å². The first-order chi connectivity index (χ1) is 7.29. The lowest BCUT2D eigenvalue weighted by Gasteiger charge is -2.15. The molecule has 0 heterocycles. The molecular formula is C9H10F4N2O. The van der Waals surface area contributed by atoms with Gasteiger partial charge in [0.2, 0.25) is 0 Å². The fraction of sp³-hybridized carbons (Fsp3) is 0.333. The molecule has 0 saturated heterocycles. The molecule has 16 heavy (non-hydrogen) atoms. The number of hydrogen-bond donors (Lipinski definition) is 3. The van der Waals surface area contributed by atoms with Crippen LogP contribution in [0, 0.1) is 5.82 Å². The maximum Gasteiger partial charge on any atom is 0.419 e. The number of phenols is 1. The summed E-state index contributed by atoms with van der Waals surface area (Å²) in [6, 6.07) is 0.537. The molecule has 7 heteroatoms. The Labute approximate surface area is 88.7 Å². The van der Waals surface area contributed by atoms with Crippen LogP contribution in [0.3, 0.4) is 0 Å². The van der Waals surface area contributed by atoms with Gasteiger partial charge in [-0.25, -0.2) is 4.39 Å². The van der Waals surface area contributed by atoms with E-state index in [-0.39, 0.29) is 12.1 Å². The van der Waals surface area contributed by atoms with Crippen molar-refractivity contribution in [3.05, 3.63) is 29.1 Å². The highest BCUT2D eigenvalue weighted by Gasteiger charge is 2.36. The van der Waals surface area contributed by atoms with Crippen LogP contribution in [0.5, 0.6) is 5.75 Å². The van der Waals surface area contributed by atoms with Gasteiger partial charge in [-0.1, -0.05) is 6.07 Å². The molecular weight excluding hydrogens is 228 g/mol. The van der Waals surface area contributed by atoms with Crippen LogP contribution < -0.4 is 11.5 Å². The zero-order valence-electron chi connectivity index (χ0n) is 8.05. The summed E-state index contributed by atoms with van der Waals surface area (Å²) in [6.45, 7) is -0.113. The Bertz CT molecular complexity index is 392. The minimum Gasteiger partial charge on any atom is -0.505 e. The number of benzene rings is 1. The molecule has 0 aliphatic heterocycles. The Balaban J connectivity index is 3.29. The van der Waals surface area contributed by atoms with E-state index in [1.54, 1.807) is 0 Å². The van der Waals surface area contributed by atoms with Gasteiger partial charge >= 0.3 is 6.18 Å². The van der Waals surface area contributed by atoms with E-state index in [1.165, 1.54) is 0 Å². The highest BCUT2D eigenvalue weighted by Crippen LogP contribution is 2.37. The Morgan fingerprint density at radius 2 is 1.88 bits per heavy atom. The van der Waals surface area contributed by atoms with Crippen molar-refractivity contribution in [3.63, 3.8) is 0 Å². The third-order valence-corrected chi connectivity index (χ3v) is 2.11. The van der Waals surface area contributed by atoms with Crippen molar-refractivity contribution in [2.24, 2.45) is 11.5 Å². The van der Waals surface area contributed by atoms with Gasteiger partial charge in [0.1, 0.15) is 0 Å². The fourth-order valence-electron chi connectivity index (χ4n) is 1.22. The second kappa shape index (κ2) is 4.26. The molecule has 0 saturated carbocycles. The predicted molar refractivity (Wildman–Crippen MR) is 49.0 cm³/mol. The third-order valence-electron chi connectivity index (χ3n) is 2.11. The number of halogens is 4. The van der Waals surface area contributed by atoms with Crippen LogP contribution in [0.4, 0.5) is 17.6 Å². The highest BCUT2D eigenvalue weighted by atomic mass is 19.4. The number of phenolic OH excluding ortho intramolecular Hbond substituents is 1. The molecule has 0 radical (unpaired) electrons. The first-order valence-corrected chi connectivity index (χ1v) is 4.33. The fourth-order valence-corrected chi connectivity index (χ4v) is 1.22. The largest absolute Gasteiger partial charge is 0.505 e. The Kier molecular flexibility index (Phi) is 3.39. The minimum atomic E-state index is -4.85. The van der Waals surface area contributed by atoms with Gasteiger partial charge in [0.15, 0.2) is 11.6 Å².